The molecule has 0 saturated heterocycles. The van der Waals surface area contributed by atoms with Crippen LogP contribution in [0.2, 0.25) is 0 Å². The Labute approximate surface area is 96.2 Å². The third kappa shape index (κ3) is 3.46. The Kier molecular flexibility index (Phi) is 4.64. The molecule has 0 spiro atoms. The maximum absolute atomic E-state index is 11.4. The number of para-hydroxylation sites is 1. The summed E-state index contributed by atoms with van der Waals surface area (Å²) in [6.07, 6.45) is 0.943. The van der Waals surface area contributed by atoms with Crippen molar-refractivity contribution in [3.63, 3.8) is 0 Å². The fourth-order valence-electron chi connectivity index (χ4n) is 1.34. The monoisotopic (exact) mass is 221 g/mol. The molecular weight excluding hydrogens is 202 g/mol. The lowest BCUT2D eigenvalue weighted by Crippen LogP contribution is -2.30. The van der Waals surface area contributed by atoms with Gasteiger partial charge in [0.2, 0.25) is 5.91 Å². The third-order valence-electron chi connectivity index (χ3n) is 2.34. The van der Waals surface area contributed by atoms with E-state index in [1.807, 2.05) is 32.0 Å². The summed E-state index contributed by atoms with van der Waals surface area (Å²) in [6, 6.07) is 5.73. The van der Waals surface area contributed by atoms with Crippen LogP contribution in [-0.2, 0) is 4.79 Å². The number of hydrogen-bond donors (Lipinski definition) is 3. The zero-order valence-electron chi connectivity index (χ0n) is 9.84. The van der Waals surface area contributed by atoms with Gasteiger partial charge in [-0.3, -0.25) is 4.79 Å². The van der Waals surface area contributed by atoms with Crippen LogP contribution >= 0.6 is 0 Å². The van der Waals surface area contributed by atoms with Crippen LogP contribution in [0.5, 0.6) is 0 Å². The first kappa shape index (κ1) is 12.4. The van der Waals surface area contributed by atoms with Gasteiger partial charge in [0.25, 0.3) is 0 Å². The molecule has 16 heavy (non-hydrogen) atoms. The van der Waals surface area contributed by atoms with E-state index >= 15 is 0 Å². The Morgan fingerprint density at radius 2 is 2.19 bits per heavy atom. The lowest BCUT2D eigenvalue weighted by atomic mass is 10.2. The van der Waals surface area contributed by atoms with Crippen LogP contribution in [0.25, 0.3) is 0 Å². The number of amides is 1. The lowest BCUT2D eigenvalue weighted by molar-refractivity contribution is -0.119. The standard InChI is InChI=1S/C12H19N3O/c1-3-7-14-11(16)8-15-10-6-4-5-9(2)12(10)13/h4-6,15H,3,7-8,13H2,1-2H3,(H,14,16). The van der Waals surface area contributed by atoms with Gasteiger partial charge in [-0.05, 0) is 25.0 Å². The van der Waals surface area contributed by atoms with Crippen LogP contribution < -0.4 is 16.4 Å². The minimum Gasteiger partial charge on any atom is -0.397 e. The summed E-state index contributed by atoms with van der Waals surface area (Å²) < 4.78 is 0. The highest BCUT2D eigenvalue weighted by molar-refractivity contribution is 5.82. The van der Waals surface area contributed by atoms with E-state index in [1.165, 1.54) is 0 Å². The van der Waals surface area contributed by atoms with E-state index in [0.717, 1.165) is 17.7 Å². The molecule has 0 saturated carbocycles. The summed E-state index contributed by atoms with van der Waals surface area (Å²) in [5.74, 6) is -0.0113. The molecule has 0 aliphatic carbocycles. The van der Waals surface area contributed by atoms with Crippen molar-refractivity contribution in [2.24, 2.45) is 0 Å². The van der Waals surface area contributed by atoms with Crippen LogP contribution in [-0.4, -0.2) is 19.0 Å². The van der Waals surface area contributed by atoms with Gasteiger partial charge in [0.1, 0.15) is 0 Å². The van der Waals surface area contributed by atoms with Gasteiger partial charge in [0.05, 0.1) is 17.9 Å². The zero-order chi connectivity index (χ0) is 12.0. The normalized spacial score (nSPS) is 9.88. The molecule has 0 atom stereocenters. The zero-order valence-corrected chi connectivity index (χ0v) is 9.84. The highest BCUT2D eigenvalue weighted by Gasteiger charge is 2.03. The van der Waals surface area contributed by atoms with Crippen molar-refractivity contribution in [1.29, 1.82) is 0 Å². The largest absolute Gasteiger partial charge is 0.397 e. The molecule has 0 radical (unpaired) electrons. The fourth-order valence-corrected chi connectivity index (χ4v) is 1.34. The van der Waals surface area contributed by atoms with E-state index in [4.69, 9.17) is 5.73 Å². The van der Waals surface area contributed by atoms with Gasteiger partial charge in [0, 0.05) is 6.54 Å². The molecule has 0 fully saturated rings. The molecule has 0 heterocycles. The van der Waals surface area contributed by atoms with E-state index in [0.29, 0.717) is 12.2 Å². The first-order valence-corrected chi connectivity index (χ1v) is 5.50. The molecule has 1 aromatic rings. The van der Waals surface area contributed by atoms with Crippen molar-refractivity contribution in [1.82, 2.24) is 5.32 Å². The van der Waals surface area contributed by atoms with E-state index in [-0.39, 0.29) is 12.5 Å². The van der Waals surface area contributed by atoms with Crippen LogP contribution in [0, 0.1) is 6.92 Å². The van der Waals surface area contributed by atoms with Crippen molar-refractivity contribution in [2.45, 2.75) is 20.3 Å². The molecule has 1 aromatic carbocycles. The Morgan fingerprint density at radius 3 is 2.88 bits per heavy atom. The molecule has 4 heteroatoms. The van der Waals surface area contributed by atoms with Crippen LogP contribution in [0.3, 0.4) is 0 Å². The highest BCUT2D eigenvalue weighted by Crippen LogP contribution is 2.21. The number of anilines is 2. The summed E-state index contributed by atoms with van der Waals surface area (Å²) in [5, 5.41) is 5.82. The van der Waals surface area contributed by atoms with Crippen molar-refractivity contribution in [3.8, 4) is 0 Å². The number of carbonyl (C=O) groups excluding carboxylic acids is 1. The maximum Gasteiger partial charge on any atom is 0.239 e. The molecule has 1 rings (SSSR count). The number of nitrogens with one attached hydrogen (secondary N) is 2. The first-order chi connectivity index (χ1) is 7.65. The maximum atomic E-state index is 11.4. The van der Waals surface area contributed by atoms with Crippen molar-refractivity contribution in [3.05, 3.63) is 23.8 Å². The van der Waals surface area contributed by atoms with Crippen LogP contribution in [0.1, 0.15) is 18.9 Å². The van der Waals surface area contributed by atoms with Crippen molar-refractivity contribution < 1.29 is 4.79 Å². The minimum atomic E-state index is -0.0113. The third-order valence-corrected chi connectivity index (χ3v) is 2.34. The number of hydrogen-bond acceptors (Lipinski definition) is 3. The Bertz CT molecular complexity index is 363. The van der Waals surface area contributed by atoms with Gasteiger partial charge in [-0.2, -0.15) is 0 Å². The summed E-state index contributed by atoms with van der Waals surface area (Å²) in [4.78, 5) is 11.4. The Morgan fingerprint density at radius 1 is 1.44 bits per heavy atom. The number of benzene rings is 1. The average Bonchev–Trinajstić information content (AvgIpc) is 2.28. The average molecular weight is 221 g/mol. The minimum absolute atomic E-state index is 0.0113. The number of nitrogen functional groups attached to an aromatic ring is 1. The predicted molar refractivity (Wildman–Crippen MR) is 67.4 cm³/mol. The fraction of sp³-hybridized carbons (Fsp3) is 0.417. The van der Waals surface area contributed by atoms with E-state index in [2.05, 4.69) is 10.6 Å². The number of aryl methyl sites for hydroxylation is 1. The van der Waals surface area contributed by atoms with Crippen molar-refractivity contribution in [2.75, 3.05) is 24.1 Å². The van der Waals surface area contributed by atoms with Crippen molar-refractivity contribution >= 4 is 17.3 Å². The Hall–Kier alpha value is -1.71. The summed E-state index contributed by atoms with van der Waals surface area (Å²) in [7, 11) is 0. The first-order valence-electron chi connectivity index (χ1n) is 5.50. The molecule has 0 unspecified atom stereocenters. The topological polar surface area (TPSA) is 67.2 Å². The molecule has 0 bridgehead atoms. The number of nitrogens with two attached hydrogens (primary N) is 1. The molecule has 0 aromatic heterocycles. The second kappa shape index (κ2) is 6.00. The summed E-state index contributed by atoms with van der Waals surface area (Å²) in [6.45, 7) is 4.93. The summed E-state index contributed by atoms with van der Waals surface area (Å²) >= 11 is 0. The number of rotatable bonds is 5. The Balaban J connectivity index is 2.48. The van der Waals surface area contributed by atoms with E-state index in [1.54, 1.807) is 0 Å². The summed E-state index contributed by atoms with van der Waals surface area (Å²) in [5.41, 5.74) is 8.40. The molecule has 1 amide bonds. The second-order valence-electron chi connectivity index (χ2n) is 3.74. The van der Waals surface area contributed by atoms with E-state index in [9.17, 15) is 4.79 Å². The van der Waals surface area contributed by atoms with Gasteiger partial charge >= 0.3 is 0 Å². The molecule has 4 N–H and O–H groups in total. The smallest absolute Gasteiger partial charge is 0.239 e. The lowest BCUT2D eigenvalue weighted by Gasteiger charge is -2.10. The molecule has 0 aliphatic heterocycles. The van der Waals surface area contributed by atoms with Gasteiger partial charge in [-0.15, -0.1) is 0 Å². The molecular formula is C12H19N3O. The second-order valence-corrected chi connectivity index (χ2v) is 3.74. The highest BCUT2D eigenvalue weighted by atomic mass is 16.1. The molecule has 0 aliphatic rings. The van der Waals surface area contributed by atoms with Gasteiger partial charge < -0.3 is 16.4 Å². The SMILES string of the molecule is CCCNC(=O)CNc1cccc(C)c1N. The van der Waals surface area contributed by atoms with Gasteiger partial charge in [0.15, 0.2) is 0 Å². The van der Waals surface area contributed by atoms with Gasteiger partial charge in [-0.1, -0.05) is 19.1 Å². The van der Waals surface area contributed by atoms with E-state index < -0.39 is 0 Å². The quantitative estimate of drug-likeness (QED) is 0.660. The van der Waals surface area contributed by atoms with Crippen LogP contribution in [0.15, 0.2) is 18.2 Å². The predicted octanol–water partition coefficient (Wildman–Crippen LogP) is 1.52. The van der Waals surface area contributed by atoms with Gasteiger partial charge in [-0.25, -0.2) is 0 Å². The molecule has 88 valence electrons. The van der Waals surface area contributed by atoms with Crippen LogP contribution in [0.4, 0.5) is 11.4 Å². The molecule has 4 nitrogen and oxygen atoms in total. The number of carbonyl (C=O) groups is 1.